The molecule has 2 aromatic carbocycles. The van der Waals surface area contributed by atoms with E-state index in [0.29, 0.717) is 22.6 Å². The van der Waals surface area contributed by atoms with E-state index in [1.165, 1.54) is 11.0 Å². The molecule has 0 saturated heterocycles. The predicted molar refractivity (Wildman–Crippen MR) is 108 cm³/mol. The summed E-state index contributed by atoms with van der Waals surface area (Å²) in [4.78, 5) is 18.2. The fraction of sp³-hybridized carbons (Fsp3) is 0.190. The first-order chi connectivity index (χ1) is 14.8. The summed E-state index contributed by atoms with van der Waals surface area (Å²) in [5.41, 5.74) is 0.477. The summed E-state index contributed by atoms with van der Waals surface area (Å²) in [5, 5.41) is 9.33. The molecule has 31 heavy (non-hydrogen) atoms. The van der Waals surface area contributed by atoms with Crippen LogP contribution in [0.2, 0.25) is 0 Å². The molecule has 6 nitrogen and oxygen atoms in total. The number of rotatable bonds is 4. The molecule has 0 aliphatic carbocycles. The van der Waals surface area contributed by atoms with Crippen LogP contribution in [0.15, 0.2) is 53.2 Å². The molecule has 0 spiro atoms. The second kappa shape index (κ2) is 8.35. The zero-order valence-electron chi connectivity index (χ0n) is 15.8. The minimum Gasteiger partial charge on any atom is -0.454 e. The number of nitriles is 1. The number of benzene rings is 2. The van der Waals surface area contributed by atoms with E-state index in [1.54, 1.807) is 30.3 Å². The Balaban J connectivity index is 1.55. The highest BCUT2D eigenvalue weighted by atomic mass is 32.2. The molecule has 2 heterocycles. The number of nitrogens with zero attached hydrogens (tertiary/aromatic N) is 3. The van der Waals surface area contributed by atoms with Crippen LogP contribution in [0.3, 0.4) is 0 Å². The average Bonchev–Trinajstić information content (AvgIpc) is 3.32. The SMILES string of the molecule is N#CCN1C(=O)/C(=C\c2ccc3c(c2)OCO3)N=C1SCc1cccc(C(F)(F)F)c1. The van der Waals surface area contributed by atoms with Gasteiger partial charge < -0.3 is 9.47 Å². The number of alkyl halides is 3. The Morgan fingerprint density at radius 2 is 2.00 bits per heavy atom. The molecule has 2 aliphatic rings. The molecule has 0 radical (unpaired) electrons. The third-order valence-corrected chi connectivity index (χ3v) is 5.51. The molecule has 0 atom stereocenters. The maximum atomic E-state index is 12.9. The normalized spacial score (nSPS) is 16.6. The lowest BCUT2D eigenvalue weighted by molar-refractivity contribution is -0.137. The van der Waals surface area contributed by atoms with E-state index >= 15 is 0 Å². The van der Waals surface area contributed by atoms with Crippen LogP contribution in [0.5, 0.6) is 11.5 Å². The predicted octanol–water partition coefficient (Wildman–Crippen LogP) is 4.43. The van der Waals surface area contributed by atoms with Crippen LogP contribution in [-0.2, 0) is 16.7 Å². The first-order valence-corrected chi connectivity index (χ1v) is 10.0. The van der Waals surface area contributed by atoms with Crippen molar-refractivity contribution in [2.24, 2.45) is 4.99 Å². The second-order valence-electron chi connectivity index (χ2n) is 6.57. The molecule has 1 amide bonds. The Labute approximate surface area is 179 Å². The highest BCUT2D eigenvalue weighted by molar-refractivity contribution is 8.13. The van der Waals surface area contributed by atoms with Crippen molar-refractivity contribution in [3.63, 3.8) is 0 Å². The lowest BCUT2D eigenvalue weighted by atomic mass is 10.1. The first-order valence-electron chi connectivity index (χ1n) is 9.03. The highest BCUT2D eigenvalue weighted by Crippen LogP contribution is 2.34. The highest BCUT2D eigenvalue weighted by Gasteiger charge is 2.32. The van der Waals surface area contributed by atoms with Crippen LogP contribution < -0.4 is 9.47 Å². The van der Waals surface area contributed by atoms with E-state index in [-0.39, 0.29) is 30.0 Å². The van der Waals surface area contributed by atoms with Crippen molar-refractivity contribution in [2.45, 2.75) is 11.9 Å². The first kappa shape index (κ1) is 20.8. The van der Waals surface area contributed by atoms with Crippen LogP contribution in [0.4, 0.5) is 13.2 Å². The standard InChI is InChI=1S/C21H14F3N3O3S/c22-21(23,24)15-3-1-2-14(8-15)11-31-20-26-16(19(28)27(20)7-6-25)9-13-4-5-17-18(10-13)30-12-29-17/h1-5,8-10H,7,11-12H2/b16-9+. The number of aliphatic imine (C=N–C) groups is 1. The van der Waals surface area contributed by atoms with E-state index in [9.17, 15) is 18.0 Å². The summed E-state index contributed by atoms with van der Waals surface area (Å²) < 4.78 is 49.3. The Morgan fingerprint density at radius 3 is 2.77 bits per heavy atom. The van der Waals surface area contributed by atoms with Crippen LogP contribution >= 0.6 is 11.8 Å². The van der Waals surface area contributed by atoms with E-state index in [1.807, 2.05) is 6.07 Å². The molecule has 0 N–H and O–H groups in total. The Morgan fingerprint density at radius 1 is 1.19 bits per heavy atom. The van der Waals surface area contributed by atoms with Gasteiger partial charge in [0.25, 0.3) is 5.91 Å². The molecule has 158 valence electrons. The molecule has 0 fully saturated rings. The molecular formula is C21H14F3N3O3S. The number of amides is 1. The van der Waals surface area contributed by atoms with Gasteiger partial charge in [0.05, 0.1) is 11.6 Å². The van der Waals surface area contributed by atoms with E-state index in [2.05, 4.69) is 4.99 Å². The van der Waals surface area contributed by atoms with Crippen molar-refractivity contribution in [1.29, 1.82) is 5.26 Å². The third-order valence-electron chi connectivity index (χ3n) is 4.46. The fourth-order valence-electron chi connectivity index (χ4n) is 3.00. The van der Waals surface area contributed by atoms with Gasteiger partial charge in [-0.15, -0.1) is 0 Å². The molecule has 0 aromatic heterocycles. The van der Waals surface area contributed by atoms with Crippen LogP contribution in [-0.4, -0.2) is 29.3 Å². The van der Waals surface area contributed by atoms with Crippen LogP contribution in [0.1, 0.15) is 16.7 Å². The summed E-state index contributed by atoms with van der Waals surface area (Å²) >= 11 is 1.09. The van der Waals surface area contributed by atoms with E-state index in [4.69, 9.17) is 14.7 Å². The lowest BCUT2D eigenvalue weighted by Crippen LogP contribution is -2.30. The quantitative estimate of drug-likeness (QED) is 0.514. The van der Waals surface area contributed by atoms with Crippen molar-refractivity contribution in [1.82, 2.24) is 4.90 Å². The zero-order valence-corrected chi connectivity index (χ0v) is 16.7. The van der Waals surface area contributed by atoms with Gasteiger partial charge in [-0.25, -0.2) is 4.99 Å². The summed E-state index contributed by atoms with van der Waals surface area (Å²) in [7, 11) is 0. The number of halogens is 3. The fourth-order valence-corrected chi connectivity index (χ4v) is 3.94. The second-order valence-corrected chi connectivity index (χ2v) is 7.52. The van der Waals surface area contributed by atoms with Crippen LogP contribution in [0.25, 0.3) is 6.08 Å². The van der Waals surface area contributed by atoms with Crippen molar-refractivity contribution in [3.05, 3.63) is 64.9 Å². The number of amidine groups is 1. The van der Waals surface area contributed by atoms with Gasteiger partial charge in [0, 0.05) is 5.75 Å². The van der Waals surface area contributed by atoms with Gasteiger partial charge in [-0.3, -0.25) is 9.69 Å². The molecule has 4 rings (SSSR count). The maximum Gasteiger partial charge on any atom is 0.416 e. The van der Waals surface area contributed by atoms with Crippen molar-refractivity contribution >= 4 is 28.9 Å². The van der Waals surface area contributed by atoms with Gasteiger partial charge in [-0.1, -0.05) is 36.0 Å². The molecule has 0 bridgehead atoms. The number of hydrogen-bond donors (Lipinski definition) is 0. The summed E-state index contributed by atoms with van der Waals surface area (Å²) in [5.74, 6) is 0.865. The number of hydrogen-bond acceptors (Lipinski definition) is 6. The summed E-state index contributed by atoms with van der Waals surface area (Å²) in [6, 6.07) is 12.0. The van der Waals surface area contributed by atoms with Gasteiger partial charge in [0.1, 0.15) is 12.2 Å². The molecule has 2 aromatic rings. The van der Waals surface area contributed by atoms with Gasteiger partial charge in [0.2, 0.25) is 6.79 Å². The monoisotopic (exact) mass is 445 g/mol. The summed E-state index contributed by atoms with van der Waals surface area (Å²) in [6.07, 6.45) is -2.87. The smallest absolute Gasteiger partial charge is 0.416 e. The number of carbonyl (C=O) groups is 1. The Kier molecular flexibility index (Phi) is 5.61. The van der Waals surface area contributed by atoms with Gasteiger partial charge in [0.15, 0.2) is 16.7 Å². The number of ether oxygens (including phenoxy) is 2. The molecule has 0 saturated carbocycles. The molecule has 2 aliphatic heterocycles. The molecule has 10 heteroatoms. The minimum absolute atomic E-state index is 0.124. The van der Waals surface area contributed by atoms with Crippen molar-refractivity contribution in [2.75, 3.05) is 13.3 Å². The van der Waals surface area contributed by atoms with E-state index in [0.717, 1.165) is 23.9 Å². The minimum atomic E-state index is -4.44. The van der Waals surface area contributed by atoms with Crippen molar-refractivity contribution < 1.29 is 27.4 Å². The molecular weight excluding hydrogens is 431 g/mol. The molecule has 0 unspecified atom stereocenters. The van der Waals surface area contributed by atoms with Gasteiger partial charge in [-0.05, 0) is 35.4 Å². The number of carbonyl (C=O) groups excluding carboxylic acids is 1. The van der Waals surface area contributed by atoms with Gasteiger partial charge >= 0.3 is 6.18 Å². The average molecular weight is 445 g/mol. The van der Waals surface area contributed by atoms with E-state index < -0.39 is 17.6 Å². The zero-order chi connectivity index (χ0) is 22.0. The third kappa shape index (κ3) is 4.51. The largest absolute Gasteiger partial charge is 0.454 e. The topological polar surface area (TPSA) is 74.9 Å². The van der Waals surface area contributed by atoms with Gasteiger partial charge in [-0.2, -0.15) is 18.4 Å². The van der Waals surface area contributed by atoms with Crippen molar-refractivity contribution in [3.8, 4) is 17.6 Å². The Bertz CT molecular complexity index is 1140. The number of fused-ring (bicyclic) bond motifs is 1. The maximum absolute atomic E-state index is 12.9. The lowest BCUT2D eigenvalue weighted by Gasteiger charge is -2.14. The van der Waals surface area contributed by atoms with Crippen LogP contribution in [0, 0.1) is 11.3 Å². The number of thioether (sulfide) groups is 1. The Hall–Kier alpha value is -3.45. The summed E-state index contributed by atoms with van der Waals surface area (Å²) in [6.45, 7) is -0.0928.